The lowest BCUT2D eigenvalue weighted by atomic mass is 10.2. The minimum absolute atomic E-state index is 0.173. The molecule has 3 rings (SSSR count). The smallest absolute Gasteiger partial charge is 0.343 e. The van der Waals surface area contributed by atoms with Gasteiger partial charge in [-0.25, -0.2) is 4.79 Å². The number of unbranched alkanes of at least 4 members (excludes halogenated alkanes) is 1. The number of esters is 1. The number of H-pyrrole nitrogens is 1. The molecule has 2 aromatic carbocycles. The maximum Gasteiger partial charge on any atom is 0.343 e. The van der Waals surface area contributed by atoms with Crippen molar-refractivity contribution in [3.8, 4) is 11.5 Å². The molecule has 0 atom stereocenters. The summed E-state index contributed by atoms with van der Waals surface area (Å²) in [7, 11) is 1.68. The molecule has 0 aliphatic carbocycles. The van der Waals surface area contributed by atoms with E-state index in [1.54, 1.807) is 55.6 Å². The van der Waals surface area contributed by atoms with Gasteiger partial charge in [-0.1, -0.05) is 0 Å². The Morgan fingerprint density at radius 2 is 1.67 bits per heavy atom. The van der Waals surface area contributed by atoms with Crippen LogP contribution in [0, 0.1) is 0 Å². The van der Waals surface area contributed by atoms with Gasteiger partial charge in [0.05, 0.1) is 12.2 Å². The zero-order valence-electron chi connectivity index (χ0n) is 15.1. The Balaban J connectivity index is 1.59. The molecule has 0 saturated carbocycles. The molecule has 1 heterocycles. The van der Waals surface area contributed by atoms with E-state index in [9.17, 15) is 9.59 Å². The van der Waals surface area contributed by atoms with Crippen LogP contribution in [0.4, 0.5) is 0 Å². The van der Waals surface area contributed by atoms with Crippen LogP contribution in [0.15, 0.2) is 59.4 Å². The molecule has 0 radical (unpaired) electrons. The normalized spacial score (nSPS) is 10.7. The van der Waals surface area contributed by atoms with Crippen LogP contribution in [0.3, 0.4) is 0 Å². The molecule has 0 amide bonds. The highest BCUT2D eigenvalue weighted by Gasteiger charge is 2.09. The number of aromatic amines is 1. The molecule has 0 fully saturated rings. The van der Waals surface area contributed by atoms with Gasteiger partial charge in [0.1, 0.15) is 11.5 Å². The van der Waals surface area contributed by atoms with Gasteiger partial charge < -0.3 is 19.2 Å². The molecule has 27 heavy (non-hydrogen) atoms. The van der Waals surface area contributed by atoms with E-state index >= 15 is 0 Å². The minimum Gasteiger partial charge on any atom is -0.494 e. The Labute approximate surface area is 156 Å². The van der Waals surface area contributed by atoms with Crippen LogP contribution >= 0.6 is 0 Å². The van der Waals surface area contributed by atoms with Crippen molar-refractivity contribution in [2.75, 3.05) is 20.3 Å². The monoisotopic (exact) mass is 367 g/mol. The summed E-state index contributed by atoms with van der Waals surface area (Å²) < 4.78 is 16.0. The molecule has 0 bridgehead atoms. The van der Waals surface area contributed by atoms with E-state index in [0.29, 0.717) is 29.2 Å². The summed E-state index contributed by atoms with van der Waals surface area (Å²) in [6, 6.07) is 15.0. The van der Waals surface area contributed by atoms with Gasteiger partial charge in [0.25, 0.3) is 0 Å². The first-order valence-electron chi connectivity index (χ1n) is 8.73. The van der Waals surface area contributed by atoms with Crippen molar-refractivity contribution in [3.63, 3.8) is 0 Å². The van der Waals surface area contributed by atoms with E-state index in [1.165, 1.54) is 6.07 Å². The van der Waals surface area contributed by atoms with Crippen molar-refractivity contribution in [1.82, 2.24) is 4.98 Å². The average molecular weight is 367 g/mol. The third-order valence-corrected chi connectivity index (χ3v) is 4.01. The lowest BCUT2D eigenvalue weighted by molar-refractivity contribution is 0.0735. The predicted octanol–water partition coefficient (Wildman–Crippen LogP) is 3.55. The van der Waals surface area contributed by atoms with Crippen molar-refractivity contribution in [3.05, 3.63) is 70.5 Å². The number of benzene rings is 2. The molecule has 0 aliphatic rings. The molecular formula is C21H21NO5. The molecule has 1 aromatic heterocycles. The van der Waals surface area contributed by atoms with Gasteiger partial charge in [-0.15, -0.1) is 0 Å². The molecule has 0 saturated heterocycles. The molecular weight excluding hydrogens is 346 g/mol. The van der Waals surface area contributed by atoms with Crippen molar-refractivity contribution >= 4 is 16.9 Å². The van der Waals surface area contributed by atoms with E-state index in [0.717, 1.165) is 24.8 Å². The third kappa shape index (κ3) is 5.18. The highest BCUT2D eigenvalue weighted by Crippen LogP contribution is 2.20. The Hall–Kier alpha value is -3.12. The number of rotatable bonds is 8. The Bertz CT molecular complexity index is 962. The quantitative estimate of drug-likeness (QED) is 0.374. The van der Waals surface area contributed by atoms with Crippen molar-refractivity contribution < 1.29 is 19.0 Å². The summed E-state index contributed by atoms with van der Waals surface area (Å²) in [5.41, 5.74) is 0.950. The number of carbonyl (C=O) groups is 1. The predicted molar refractivity (Wildman–Crippen MR) is 103 cm³/mol. The molecule has 0 aliphatic heterocycles. The van der Waals surface area contributed by atoms with Crippen molar-refractivity contribution in [1.29, 1.82) is 0 Å². The van der Waals surface area contributed by atoms with Gasteiger partial charge >= 0.3 is 5.97 Å². The summed E-state index contributed by atoms with van der Waals surface area (Å²) in [6.07, 6.45) is 1.85. The maximum absolute atomic E-state index is 12.3. The van der Waals surface area contributed by atoms with Crippen LogP contribution in [0.2, 0.25) is 0 Å². The minimum atomic E-state index is -0.453. The second kappa shape index (κ2) is 9.00. The zero-order chi connectivity index (χ0) is 19.1. The van der Waals surface area contributed by atoms with Gasteiger partial charge in [-0.2, -0.15) is 0 Å². The summed E-state index contributed by atoms with van der Waals surface area (Å²) in [5.74, 6) is 0.669. The lowest BCUT2D eigenvalue weighted by Crippen LogP contribution is -2.09. The number of hydrogen-bond donors (Lipinski definition) is 1. The topological polar surface area (TPSA) is 77.6 Å². The number of fused-ring (bicyclic) bond motifs is 1. The number of pyridine rings is 1. The number of carbonyl (C=O) groups excluding carboxylic acids is 1. The fourth-order valence-electron chi connectivity index (χ4n) is 2.59. The molecule has 1 N–H and O–H groups in total. The first-order valence-corrected chi connectivity index (χ1v) is 8.73. The summed E-state index contributed by atoms with van der Waals surface area (Å²) in [6.45, 7) is 1.32. The second-order valence-corrected chi connectivity index (χ2v) is 6.03. The first-order chi connectivity index (χ1) is 13.2. The van der Waals surface area contributed by atoms with E-state index in [4.69, 9.17) is 14.2 Å². The van der Waals surface area contributed by atoms with Crippen LogP contribution in [0.1, 0.15) is 23.2 Å². The van der Waals surface area contributed by atoms with Crippen molar-refractivity contribution in [2.24, 2.45) is 0 Å². The molecule has 6 heteroatoms. The summed E-state index contributed by atoms with van der Waals surface area (Å²) in [4.78, 5) is 26.3. The second-order valence-electron chi connectivity index (χ2n) is 6.03. The van der Waals surface area contributed by atoms with Crippen LogP contribution in [-0.4, -0.2) is 31.3 Å². The van der Waals surface area contributed by atoms with Gasteiger partial charge in [0.2, 0.25) is 5.56 Å². The number of nitrogens with one attached hydrogen (secondary N) is 1. The van der Waals surface area contributed by atoms with Gasteiger partial charge in [0.15, 0.2) is 0 Å². The summed E-state index contributed by atoms with van der Waals surface area (Å²) in [5, 5.41) is 0.789. The SMILES string of the molecule is COCCCCOc1ccc(C(=O)Oc2ccc3[nH]c(=O)ccc3c2)cc1. The van der Waals surface area contributed by atoms with Crippen LogP contribution < -0.4 is 15.0 Å². The van der Waals surface area contributed by atoms with E-state index in [2.05, 4.69) is 4.98 Å². The summed E-state index contributed by atoms with van der Waals surface area (Å²) >= 11 is 0. The standard InChI is InChI=1S/C21H21NO5/c1-25-12-2-3-13-26-17-7-4-15(5-8-17)21(24)27-18-9-10-19-16(14-18)6-11-20(23)22-19/h4-11,14H,2-3,12-13H2,1H3,(H,22,23). The Morgan fingerprint density at radius 3 is 2.44 bits per heavy atom. The highest BCUT2D eigenvalue weighted by molar-refractivity contribution is 5.91. The Kier molecular flexibility index (Phi) is 6.22. The molecule has 0 spiro atoms. The maximum atomic E-state index is 12.3. The molecule has 3 aromatic rings. The molecule has 0 unspecified atom stereocenters. The van der Waals surface area contributed by atoms with E-state index in [-0.39, 0.29) is 5.56 Å². The molecule has 140 valence electrons. The van der Waals surface area contributed by atoms with Gasteiger partial charge in [-0.05, 0) is 61.4 Å². The third-order valence-electron chi connectivity index (χ3n) is 4.01. The van der Waals surface area contributed by atoms with Crippen LogP contribution in [-0.2, 0) is 4.74 Å². The fraction of sp³-hybridized carbons (Fsp3) is 0.238. The van der Waals surface area contributed by atoms with Gasteiger partial charge in [0, 0.05) is 30.7 Å². The number of hydrogen-bond acceptors (Lipinski definition) is 5. The number of ether oxygens (including phenoxy) is 3. The van der Waals surface area contributed by atoms with Crippen LogP contribution in [0.25, 0.3) is 10.9 Å². The average Bonchev–Trinajstić information content (AvgIpc) is 2.68. The zero-order valence-corrected chi connectivity index (χ0v) is 15.1. The number of methoxy groups -OCH3 is 1. The lowest BCUT2D eigenvalue weighted by Gasteiger charge is -2.08. The largest absolute Gasteiger partial charge is 0.494 e. The Morgan fingerprint density at radius 1 is 0.926 bits per heavy atom. The fourth-order valence-corrected chi connectivity index (χ4v) is 2.59. The highest BCUT2D eigenvalue weighted by atomic mass is 16.5. The number of aromatic nitrogens is 1. The van der Waals surface area contributed by atoms with E-state index < -0.39 is 5.97 Å². The van der Waals surface area contributed by atoms with Gasteiger partial charge in [-0.3, -0.25) is 4.79 Å². The molecule has 6 nitrogen and oxygen atoms in total. The van der Waals surface area contributed by atoms with E-state index in [1.807, 2.05) is 0 Å². The first kappa shape index (κ1) is 18.7. The van der Waals surface area contributed by atoms with Crippen LogP contribution in [0.5, 0.6) is 11.5 Å². The van der Waals surface area contributed by atoms with Crippen molar-refractivity contribution in [2.45, 2.75) is 12.8 Å².